The van der Waals surface area contributed by atoms with E-state index in [1.54, 1.807) is 6.92 Å². The standard InChI is InChI=1S/C10H9BrClN3O3/c1-4-7(11)8(12)14-10(13-4)15-3-5(9(17)18)2-6(15)16/h5H,2-3H2,1H3,(H,17,18). The quantitative estimate of drug-likeness (QED) is 0.831. The van der Waals surface area contributed by atoms with Crippen LogP contribution < -0.4 is 4.90 Å². The molecule has 1 unspecified atom stereocenters. The van der Waals surface area contributed by atoms with Gasteiger partial charge in [0.05, 0.1) is 16.1 Å². The van der Waals surface area contributed by atoms with Gasteiger partial charge in [-0.2, -0.15) is 4.98 Å². The normalized spacial score (nSPS) is 19.4. The van der Waals surface area contributed by atoms with Crippen LogP contribution in [-0.2, 0) is 9.59 Å². The fourth-order valence-corrected chi connectivity index (χ4v) is 2.09. The lowest BCUT2D eigenvalue weighted by Gasteiger charge is -2.15. The predicted octanol–water partition coefficient (Wildman–Crippen LogP) is 1.64. The molecule has 1 aromatic heterocycles. The number of carbonyl (C=O) groups excluding carboxylic acids is 1. The largest absolute Gasteiger partial charge is 0.481 e. The van der Waals surface area contributed by atoms with Crippen LogP contribution in [0.2, 0.25) is 5.15 Å². The number of carbonyl (C=O) groups is 2. The van der Waals surface area contributed by atoms with Crippen molar-refractivity contribution < 1.29 is 14.7 Å². The zero-order valence-electron chi connectivity index (χ0n) is 9.35. The van der Waals surface area contributed by atoms with Gasteiger partial charge in [0.15, 0.2) is 0 Å². The molecule has 96 valence electrons. The van der Waals surface area contributed by atoms with Crippen LogP contribution in [0, 0.1) is 12.8 Å². The molecule has 18 heavy (non-hydrogen) atoms. The van der Waals surface area contributed by atoms with Gasteiger partial charge in [-0.1, -0.05) is 11.6 Å². The molecule has 1 aliphatic rings. The number of anilines is 1. The smallest absolute Gasteiger partial charge is 0.308 e. The maximum atomic E-state index is 11.7. The minimum absolute atomic E-state index is 0.0363. The second-order valence-electron chi connectivity index (χ2n) is 3.96. The van der Waals surface area contributed by atoms with Crippen LogP contribution >= 0.6 is 27.5 Å². The van der Waals surface area contributed by atoms with Crippen molar-refractivity contribution in [1.82, 2.24) is 9.97 Å². The van der Waals surface area contributed by atoms with Gasteiger partial charge in [-0.3, -0.25) is 14.5 Å². The van der Waals surface area contributed by atoms with Crippen molar-refractivity contribution in [2.75, 3.05) is 11.4 Å². The van der Waals surface area contributed by atoms with Gasteiger partial charge >= 0.3 is 5.97 Å². The number of carboxylic acid groups (broad SMARTS) is 1. The van der Waals surface area contributed by atoms with Crippen molar-refractivity contribution in [3.05, 3.63) is 15.3 Å². The van der Waals surface area contributed by atoms with E-state index >= 15 is 0 Å². The number of aromatic nitrogens is 2. The third-order valence-electron chi connectivity index (χ3n) is 2.68. The molecule has 0 bridgehead atoms. The topological polar surface area (TPSA) is 83.4 Å². The second-order valence-corrected chi connectivity index (χ2v) is 5.11. The third-order valence-corrected chi connectivity index (χ3v) is 4.13. The summed E-state index contributed by atoms with van der Waals surface area (Å²) in [6.07, 6.45) is -0.0363. The molecule has 0 spiro atoms. The first-order valence-corrected chi connectivity index (χ1v) is 6.30. The van der Waals surface area contributed by atoms with Crippen LogP contribution in [0.1, 0.15) is 12.1 Å². The summed E-state index contributed by atoms with van der Waals surface area (Å²) in [5, 5.41) is 9.09. The number of halogens is 2. The average Bonchev–Trinajstić information content (AvgIpc) is 2.68. The van der Waals surface area contributed by atoms with Gasteiger partial charge < -0.3 is 5.11 Å². The maximum Gasteiger partial charge on any atom is 0.308 e. The minimum atomic E-state index is -0.995. The maximum absolute atomic E-state index is 11.7. The van der Waals surface area contributed by atoms with E-state index in [1.807, 2.05) is 0 Å². The Morgan fingerprint density at radius 3 is 2.72 bits per heavy atom. The van der Waals surface area contributed by atoms with E-state index in [2.05, 4.69) is 25.9 Å². The Kier molecular flexibility index (Phi) is 3.54. The zero-order valence-corrected chi connectivity index (χ0v) is 11.7. The van der Waals surface area contributed by atoms with E-state index in [1.165, 1.54) is 4.90 Å². The van der Waals surface area contributed by atoms with Gasteiger partial charge in [-0.25, -0.2) is 4.98 Å². The summed E-state index contributed by atoms with van der Waals surface area (Å²) < 4.78 is 0.564. The Hall–Kier alpha value is -1.21. The molecule has 6 nitrogen and oxygen atoms in total. The molecule has 1 fully saturated rings. The van der Waals surface area contributed by atoms with Crippen molar-refractivity contribution in [2.45, 2.75) is 13.3 Å². The van der Waals surface area contributed by atoms with E-state index < -0.39 is 11.9 Å². The van der Waals surface area contributed by atoms with Gasteiger partial charge in [-0.15, -0.1) is 0 Å². The molecule has 1 atom stereocenters. The van der Waals surface area contributed by atoms with E-state index in [-0.39, 0.29) is 30.0 Å². The third kappa shape index (κ3) is 2.32. The summed E-state index contributed by atoms with van der Waals surface area (Å²) in [5.41, 5.74) is 0.594. The Morgan fingerprint density at radius 2 is 2.22 bits per heavy atom. The Bertz CT molecular complexity index is 514. The lowest BCUT2D eigenvalue weighted by atomic mass is 10.1. The van der Waals surface area contributed by atoms with Crippen LogP contribution in [0.15, 0.2) is 4.47 Å². The van der Waals surface area contributed by atoms with Crippen molar-refractivity contribution in [2.24, 2.45) is 5.92 Å². The number of carboxylic acids is 1. The summed E-state index contributed by atoms with van der Waals surface area (Å²) in [4.78, 5) is 31.9. The number of aliphatic carboxylic acids is 1. The lowest BCUT2D eigenvalue weighted by molar-refractivity contribution is -0.141. The fraction of sp³-hybridized carbons (Fsp3) is 0.400. The first-order chi connectivity index (χ1) is 8.40. The molecule has 1 amide bonds. The predicted molar refractivity (Wildman–Crippen MR) is 67.6 cm³/mol. The second kappa shape index (κ2) is 4.81. The Morgan fingerprint density at radius 1 is 1.56 bits per heavy atom. The molecule has 1 saturated heterocycles. The first-order valence-electron chi connectivity index (χ1n) is 5.13. The molecule has 2 rings (SSSR count). The van der Waals surface area contributed by atoms with Crippen molar-refractivity contribution in [3.63, 3.8) is 0 Å². The Labute approximate surface area is 116 Å². The SMILES string of the molecule is Cc1nc(N2CC(C(=O)O)CC2=O)nc(Cl)c1Br. The number of hydrogen-bond donors (Lipinski definition) is 1. The molecule has 8 heteroatoms. The van der Waals surface area contributed by atoms with Gasteiger partial charge in [-0.05, 0) is 22.9 Å². The van der Waals surface area contributed by atoms with Crippen LogP contribution in [0.5, 0.6) is 0 Å². The van der Waals surface area contributed by atoms with Crippen molar-refractivity contribution in [3.8, 4) is 0 Å². The lowest BCUT2D eigenvalue weighted by Crippen LogP contribution is -2.28. The van der Waals surface area contributed by atoms with Crippen LogP contribution in [0.4, 0.5) is 5.95 Å². The number of rotatable bonds is 2. The molecule has 0 radical (unpaired) electrons. The highest BCUT2D eigenvalue weighted by Crippen LogP contribution is 2.28. The molecule has 0 aliphatic carbocycles. The zero-order chi connectivity index (χ0) is 13.4. The van der Waals surface area contributed by atoms with E-state index in [0.717, 1.165) is 0 Å². The number of nitrogens with zero attached hydrogens (tertiary/aromatic N) is 3. The molecule has 0 saturated carbocycles. The van der Waals surface area contributed by atoms with E-state index in [9.17, 15) is 9.59 Å². The fourth-order valence-electron chi connectivity index (χ4n) is 1.70. The molecule has 1 N–H and O–H groups in total. The van der Waals surface area contributed by atoms with Gasteiger partial charge in [0, 0.05) is 13.0 Å². The molecule has 0 aromatic carbocycles. The molecule has 1 aliphatic heterocycles. The van der Waals surface area contributed by atoms with E-state index in [0.29, 0.717) is 10.2 Å². The highest BCUT2D eigenvalue weighted by molar-refractivity contribution is 9.10. The van der Waals surface area contributed by atoms with Crippen molar-refractivity contribution >= 4 is 45.4 Å². The van der Waals surface area contributed by atoms with E-state index in [4.69, 9.17) is 16.7 Å². The van der Waals surface area contributed by atoms with Crippen LogP contribution in [0.3, 0.4) is 0 Å². The summed E-state index contributed by atoms with van der Waals surface area (Å²) in [7, 11) is 0. The summed E-state index contributed by atoms with van der Waals surface area (Å²) in [6, 6.07) is 0. The molecule has 1 aromatic rings. The Balaban J connectivity index is 2.33. The summed E-state index contributed by atoms with van der Waals surface area (Å²) in [5.74, 6) is -1.87. The molecular weight excluding hydrogens is 325 g/mol. The average molecular weight is 335 g/mol. The monoisotopic (exact) mass is 333 g/mol. The molecular formula is C10H9BrClN3O3. The summed E-state index contributed by atoms with van der Waals surface area (Å²) in [6.45, 7) is 1.79. The van der Waals surface area contributed by atoms with Gasteiger partial charge in [0.1, 0.15) is 5.15 Å². The van der Waals surface area contributed by atoms with Crippen molar-refractivity contribution in [1.29, 1.82) is 0 Å². The van der Waals surface area contributed by atoms with Gasteiger partial charge in [0.2, 0.25) is 11.9 Å². The summed E-state index contributed by atoms with van der Waals surface area (Å²) >= 11 is 9.11. The number of hydrogen-bond acceptors (Lipinski definition) is 4. The minimum Gasteiger partial charge on any atom is -0.481 e. The highest BCUT2D eigenvalue weighted by Gasteiger charge is 2.36. The van der Waals surface area contributed by atoms with Crippen LogP contribution in [-0.4, -0.2) is 33.5 Å². The molecule has 2 heterocycles. The number of aryl methyl sites for hydroxylation is 1. The number of amides is 1. The van der Waals surface area contributed by atoms with Crippen LogP contribution in [0.25, 0.3) is 0 Å². The highest BCUT2D eigenvalue weighted by atomic mass is 79.9. The van der Waals surface area contributed by atoms with Gasteiger partial charge in [0.25, 0.3) is 0 Å². The first kappa shape index (κ1) is 13.2.